The van der Waals surface area contributed by atoms with E-state index in [0.717, 1.165) is 25.1 Å². The summed E-state index contributed by atoms with van der Waals surface area (Å²) in [5.41, 5.74) is -0.253. The lowest BCUT2D eigenvalue weighted by atomic mass is 10.2. The fourth-order valence-electron chi connectivity index (χ4n) is 3.78. The summed E-state index contributed by atoms with van der Waals surface area (Å²) in [6, 6.07) is 9.09. The molecule has 0 bridgehead atoms. The van der Waals surface area contributed by atoms with Gasteiger partial charge in [0.15, 0.2) is 0 Å². The van der Waals surface area contributed by atoms with E-state index in [0.29, 0.717) is 37.6 Å². The van der Waals surface area contributed by atoms with Gasteiger partial charge in [0.2, 0.25) is 5.91 Å². The lowest BCUT2D eigenvalue weighted by Gasteiger charge is -2.36. The van der Waals surface area contributed by atoms with Crippen molar-refractivity contribution in [1.82, 2.24) is 14.8 Å². The topological polar surface area (TPSA) is 39.7 Å². The molecule has 2 aromatic rings. The SMILES string of the molecule is O=C(CN1CCN(c2ccc(C(F)(F)F)cn2)CC1)N(Cc1ccccc1F)C1CC1. The van der Waals surface area contributed by atoms with Gasteiger partial charge >= 0.3 is 6.18 Å². The number of rotatable bonds is 6. The van der Waals surface area contributed by atoms with Crippen LogP contribution in [0.15, 0.2) is 42.6 Å². The number of benzene rings is 1. The Labute approximate surface area is 178 Å². The molecule has 0 radical (unpaired) electrons. The zero-order valence-corrected chi connectivity index (χ0v) is 17.0. The highest BCUT2D eigenvalue weighted by molar-refractivity contribution is 5.79. The second-order valence-electron chi connectivity index (χ2n) is 8.01. The Balaban J connectivity index is 1.31. The van der Waals surface area contributed by atoms with Gasteiger partial charge in [0.25, 0.3) is 0 Å². The van der Waals surface area contributed by atoms with E-state index in [9.17, 15) is 22.4 Å². The Bertz CT molecular complexity index is 906. The first-order chi connectivity index (χ1) is 14.8. The summed E-state index contributed by atoms with van der Waals surface area (Å²) in [6.45, 7) is 2.87. The molecule has 4 rings (SSSR count). The second-order valence-corrected chi connectivity index (χ2v) is 8.01. The zero-order valence-electron chi connectivity index (χ0n) is 17.0. The molecule has 0 spiro atoms. The summed E-state index contributed by atoms with van der Waals surface area (Å²) < 4.78 is 52.1. The number of halogens is 4. The van der Waals surface area contributed by atoms with Gasteiger partial charge in [0, 0.05) is 50.5 Å². The molecule has 31 heavy (non-hydrogen) atoms. The Kier molecular flexibility index (Phi) is 6.13. The molecule has 1 saturated carbocycles. The summed E-state index contributed by atoms with van der Waals surface area (Å²) in [7, 11) is 0. The fraction of sp³-hybridized carbons (Fsp3) is 0.455. The van der Waals surface area contributed by atoms with Crippen molar-refractivity contribution in [3.8, 4) is 0 Å². The molecule has 1 aromatic heterocycles. The largest absolute Gasteiger partial charge is 0.417 e. The molecule has 1 saturated heterocycles. The number of carbonyl (C=O) groups excluding carboxylic acids is 1. The van der Waals surface area contributed by atoms with Crippen molar-refractivity contribution in [2.75, 3.05) is 37.6 Å². The summed E-state index contributed by atoms with van der Waals surface area (Å²) in [5.74, 6) is 0.170. The zero-order chi connectivity index (χ0) is 22.0. The predicted molar refractivity (Wildman–Crippen MR) is 108 cm³/mol. The first-order valence-corrected chi connectivity index (χ1v) is 10.3. The van der Waals surface area contributed by atoms with Gasteiger partial charge < -0.3 is 9.80 Å². The van der Waals surface area contributed by atoms with Gasteiger partial charge in [0.05, 0.1) is 12.1 Å². The maximum atomic E-state index is 14.0. The van der Waals surface area contributed by atoms with E-state index in [1.165, 1.54) is 12.1 Å². The molecule has 1 aliphatic carbocycles. The Morgan fingerprint density at radius 1 is 1.06 bits per heavy atom. The summed E-state index contributed by atoms with van der Waals surface area (Å²) >= 11 is 0. The molecule has 5 nitrogen and oxygen atoms in total. The Morgan fingerprint density at radius 2 is 1.77 bits per heavy atom. The van der Waals surface area contributed by atoms with Gasteiger partial charge in [-0.25, -0.2) is 9.37 Å². The smallest absolute Gasteiger partial charge is 0.354 e. The monoisotopic (exact) mass is 436 g/mol. The molecule has 0 atom stereocenters. The maximum absolute atomic E-state index is 14.0. The Hall–Kier alpha value is -2.68. The molecule has 9 heteroatoms. The molecule has 1 amide bonds. The average molecular weight is 436 g/mol. The van der Waals surface area contributed by atoms with E-state index in [1.54, 1.807) is 23.1 Å². The number of anilines is 1. The molecule has 0 N–H and O–H groups in total. The van der Waals surface area contributed by atoms with Crippen LogP contribution in [0.1, 0.15) is 24.0 Å². The molecule has 2 heterocycles. The number of hydrogen-bond acceptors (Lipinski definition) is 4. The van der Waals surface area contributed by atoms with E-state index in [1.807, 2.05) is 9.80 Å². The van der Waals surface area contributed by atoms with Crippen LogP contribution >= 0.6 is 0 Å². The fourth-order valence-corrected chi connectivity index (χ4v) is 3.78. The van der Waals surface area contributed by atoms with Gasteiger partial charge in [-0.1, -0.05) is 18.2 Å². The van der Waals surface area contributed by atoms with Crippen molar-refractivity contribution >= 4 is 11.7 Å². The summed E-state index contributed by atoms with van der Waals surface area (Å²) in [6.07, 6.45) is -1.68. The van der Waals surface area contributed by atoms with Crippen molar-refractivity contribution in [2.45, 2.75) is 31.6 Å². The normalized spacial score (nSPS) is 17.6. The van der Waals surface area contributed by atoms with Gasteiger partial charge in [-0.3, -0.25) is 9.69 Å². The molecule has 1 aliphatic heterocycles. The summed E-state index contributed by atoms with van der Waals surface area (Å²) in [4.78, 5) is 22.6. The van der Waals surface area contributed by atoms with Crippen LogP contribution in [0, 0.1) is 5.82 Å². The third kappa shape index (κ3) is 5.33. The minimum Gasteiger partial charge on any atom is -0.354 e. The standard InChI is InChI=1S/C22H24F4N4O/c23-19-4-2-1-3-16(19)14-30(18-6-7-18)21(31)15-28-9-11-29(12-10-28)20-8-5-17(13-27-20)22(24,25)26/h1-5,8,13,18H,6-7,9-12,14-15H2. The van der Waals surface area contributed by atoms with E-state index < -0.39 is 11.7 Å². The van der Waals surface area contributed by atoms with Crippen molar-refractivity contribution in [3.63, 3.8) is 0 Å². The van der Waals surface area contributed by atoms with Crippen LogP contribution in [0.25, 0.3) is 0 Å². The van der Waals surface area contributed by atoms with Gasteiger partial charge in [-0.15, -0.1) is 0 Å². The first-order valence-electron chi connectivity index (χ1n) is 10.3. The quantitative estimate of drug-likeness (QED) is 0.650. The highest BCUT2D eigenvalue weighted by Gasteiger charge is 2.34. The lowest BCUT2D eigenvalue weighted by Crippen LogP contribution is -2.50. The third-order valence-corrected chi connectivity index (χ3v) is 5.74. The number of aromatic nitrogens is 1. The molecular weight excluding hydrogens is 412 g/mol. The molecule has 166 valence electrons. The number of piperazine rings is 1. The van der Waals surface area contributed by atoms with E-state index in [-0.39, 0.29) is 30.9 Å². The van der Waals surface area contributed by atoms with E-state index in [4.69, 9.17) is 0 Å². The van der Waals surface area contributed by atoms with Crippen LogP contribution in [0.4, 0.5) is 23.4 Å². The molecule has 2 fully saturated rings. The maximum Gasteiger partial charge on any atom is 0.417 e. The molecule has 1 aromatic carbocycles. The Morgan fingerprint density at radius 3 is 2.35 bits per heavy atom. The number of nitrogens with zero attached hydrogens (tertiary/aromatic N) is 4. The van der Waals surface area contributed by atoms with Crippen LogP contribution < -0.4 is 4.90 Å². The van der Waals surface area contributed by atoms with Crippen molar-refractivity contribution in [1.29, 1.82) is 0 Å². The van der Waals surface area contributed by atoms with E-state index >= 15 is 0 Å². The lowest BCUT2D eigenvalue weighted by molar-refractivity contribution is -0.137. The minimum atomic E-state index is -4.40. The average Bonchev–Trinajstić information content (AvgIpc) is 3.58. The predicted octanol–water partition coefficient (Wildman–Crippen LogP) is 3.55. The number of amides is 1. The highest BCUT2D eigenvalue weighted by Crippen LogP contribution is 2.30. The van der Waals surface area contributed by atoms with Crippen LogP contribution in [-0.2, 0) is 17.5 Å². The highest BCUT2D eigenvalue weighted by atomic mass is 19.4. The van der Waals surface area contributed by atoms with Crippen LogP contribution in [0.3, 0.4) is 0 Å². The third-order valence-electron chi connectivity index (χ3n) is 5.74. The van der Waals surface area contributed by atoms with Gasteiger partial charge in [-0.05, 0) is 31.0 Å². The van der Waals surface area contributed by atoms with Crippen molar-refractivity contribution in [2.24, 2.45) is 0 Å². The minimum absolute atomic E-state index is 0.0214. The first kappa shape index (κ1) is 21.5. The van der Waals surface area contributed by atoms with Gasteiger partial charge in [-0.2, -0.15) is 13.2 Å². The number of hydrogen-bond donors (Lipinski definition) is 0. The van der Waals surface area contributed by atoms with E-state index in [2.05, 4.69) is 4.98 Å². The second kappa shape index (κ2) is 8.82. The van der Waals surface area contributed by atoms with Crippen molar-refractivity contribution in [3.05, 3.63) is 59.5 Å². The van der Waals surface area contributed by atoms with Crippen LogP contribution in [0.2, 0.25) is 0 Å². The van der Waals surface area contributed by atoms with Crippen LogP contribution in [-0.4, -0.2) is 59.5 Å². The number of carbonyl (C=O) groups is 1. The summed E-state index contributed by atoms with van der Waals surface area (Å²) in [5, 5.41) is 0. The van der Waals surface area contributed by atoms with Crippen LogP contribution in [0.5, 0.6) is 0 Å². The number of alkyl halides is 3. The number of pyridine rings is 1. The molecule has 0 unspecified atom stereocenters. The van der Waals surface area contributed by atoms with Gasteiger partial charge in [0.1, 0.15) is 11.6 Å². The molecule has 2 aliphatic rings. The molecular formula is C22H24F4N4O. The van der Waals surface area contributed by atoms with Crippen molar-refractivity contribution < 1.29 is 22.4 Å².